The van der Waals surface area contributed by atoms with Gasteiger partial charge in [0.05, 0.1) is 6.61 Å². The molecule has 16 heavy (non-hydrogen) atoms. The van der Waals surface area contributed by atoms with Crippen LogP contribution < -0.4 is 0 Å². The van der Waals surface area contributed by atoms with Crippen LogP contribution in [0.2, 0.25) is 0 Å². The van der Waals surface area contributed by atoms with Crippen LogP contribution in [0.15, 0.2) is 24.3 Å². The molecule has 0 amide bonds. The molecule has 0 aliphatic heterocycles. The third kappa shape index (κ3) is 4.63. The summed E-state index contributed by atoms with van der Waals surface area (Å²) in [5, 5.41) is 8.58. The Morgan fingerprint density at radius 3 is 3.00 bits per heavy atom. The fraction of sp³-hybridized carbons (Fsp3) is 0.308. The van der Waals surface area contributed by atoms with Crippen LogP contribution in [-0.2, 0) is 16.1 Å². The van der Waals surface area contributed by atoms with Gasteiger partial charge in [-0.1, -0.05) is 24.0 Å². The molecule has 0 bridgehead atoms. The van der Waals surface area contributed by atoms with Gasteiger partial charge in [-0.3, -0.25) is 4.79 Å². The molecule has 0 fully saturated rings. The molecular weight excluding hydrogens is 204 g/mol. The monoisotopic (exact) mass is 218 g/mol. The van der Waals surface area contributed by atoms with Crippen LogP contribution >= 0.6 is 0 Å². The first-order chi connectivity index (χ1) is 7.72. The maximum Gasteiger partial charge on any atom is 0.302 e. The molecule has 0 aliphatic rings. The van der Waals surface area contributed by atoms with Crippen molar-refractivity contribution in [3.8, 4) is 11.8 Å². The van der Waals surface area contributed by atoms with Gasteiger partial charge in [0.25, 0.3) is 0 Å². The summed E-state index contributed by atoms with van der Waals surface area (Å²) in [5.41, 5.74) is 1.77. The Bertz CT molecular complexity index is 413. The SMILES string of the molecule is CC(=O)OCc1cccc(C#CCCO)c1. The molecule has 0 spiro atoms. The van der Waals surface area contributed by atoms with Gasteiger partial charge in [0, 0.05) is 18.9 Å². The van der Waals surface area contributed by atoms with Crippen molar-refractivity contribution in [3.05, 3.63) is 35.4 Å². The smallest absolute Gasteiger partial charge is 0.302 e. The van der Waals surface area contributed by atoms with Crippen LogP contribution in [0, 0.1) is 11.8 Å². The zero-order chi connectivity index (χ0) is 11.8. The molecule has 0 saturated carbocycles. The van der Waals surface area contributed by atoms with Gasteiger partial charge in [-0.05, 0) is 17.7 Å². The molecule has 1 aromatic rings. The van der Waals surface area contributed by atoms with Crippen LogP contribution in [0.1, 0.15) is 24.5 Å². The molecule has 0 aromatic heterocycles. The predicted molar refractivity (Wildman–Crippen MR) is 60.5 cm³/mol. The average Bonchev–Trinajstić information content (AvgIpc) is 2.27. The predicted octanol–water partition coefficient (Wildman–Crippen LogP) is 1.48. The van der Waals surface area contributed by atoms with Gasteiger partial charge < -0.3 is 9.84 Å². The molecule has 0 saturated heterocycles. The molecule has 0 unspecified atom stereocenters. The number of aliphatic hydroxyl groups is 1. The van der Waals surface area contributed by atoms with Crippen LogP contribution in [0.5, 0.6) is 0 Å². The molecule has 3 nitrogen and oxygen atoms in total. The van der Waals surface area contributed by atoms with Gasteiger partial charge in [-0.25, -0.2) is 0 Å². The summed E-state index contributed by atoms with van der Waals surface area (Å²) in [6.45, 7) is 1.72. The highest BCUT2D eigenvalue weighted by atomic mass is 16.5. The zero-order valence-electron chi connectivity index (χ0n) is 9.19. The molecule has 0 radical (unpaired) electrons. The lowest BCUT2D eigenvalue weighted by Gasteiger charge is -2.02. The quantitative estimate of drug-likeness (QED) is 0.617. The van der Waals surface area contributed by atoms with E-state index in [0.29, 0.717) is 6.42 Å². The second-order valence-corrected chi connectivity index (χ2v) is 3.26. The summed E-state index contributed by atoms with van der Waals surface area (Å²) < 4.78 is 4.88. The zero-order valence-corrected chi connectivity index (χ0v) is 9.19. The van der Waals surface area contributed by atoms with Crippen molar-refractivity contribution in [1.82, 2.24) is 0 Å². The van der Waals surface area contributed by atoms with E-state index in [9.17, 15) is 4.79 Å². The van der Waals surface area contributed by atoms with Crippen LogP contribution in [-0.4, -0.2) is 17.7 Å². The standard InChI is InChI=1S/C13H14O3/c1-11(15)16-10-13-7-4-6-12(9-13)5-2-3-8-14/h4,6-7,9,14H,3,8,10H2,1H3. The molecular formula is C13H14O3. The number of carbonyl (C=O) groups excluding carboxylic acids is 1. The lowest BCUT2D eigenvalue weighted by atomic mass is 10.1. The number of ether oxygens (including phenoxy) is 1. The number of benzene rings is 1. The first-order valence-electron chi connectivity index (χ1n) is 5.04. The Balaban J connectivity index is 2.64. The van der Waals surface area contributed by atoms with Crippen LogP contribution in [0.25, 0.3) is 0 Å². The van der Waals surface area contributed by atoms with Crippen molar-refractivity contribution in [2.24, 2.45) is 0 Å². The second kappa shape index (κ2) is 6.65. The Morgan fingerprint density at radius 2 is 2.31 bits per heavy atom. The van der Waals surface area contributed by atoms with Crippen LogP contribution in [0.4, 0.5) is 0 Å². The summed E-state index contributed by atoms with van der Waals surface area (Å²) in [4.78, 5) is 10.6. The fourth-order valence-corrected chi connectivity index (χ4v) is 1.14. The van der Waals surface area contributed by atoms with E-state index in [-0.39, 0.29) is 19.2 Å². The van der Waals surface area contributed by atoms with Crippen molar-refractivity contribution in [2.75, 3.05) is 6.61 Å². The molecule has 84 valence electrons. The molecule has 0 atom stereocenters. The molecule has 3 heteroatoms. The number of rotatable bonds is 3. The Morgan fingerprint density at radius 1 is 1.50 bits per heavy atom. The van der Waals surface area contributed by atoms with Crippen LogP contribution in [0.3, 0.4) is 0 Å². The van der Waals surface area contributed by atoms with E-state index in [1.807, 2.05) is 24.3 Å². The Kier molecular flexibility index (Phi) is 5.10. The summed E-state index contributed by atoms with van der Waals surface area (Å²) in [7, 11) is 0. The minimum Gasteiger partial charge on any atom is -0.461 e. The van der Waals surface area contributed by atoms with Gasteiger partial charge in [0.2, 0.25) is 0 Å². The van der Waals surface area contributed by atoms with Gasteiger partial charge >= 0.3 is 5.97 Å². The highest BCUT2D eigenvalue weighted by Gasteiger charge is 1.96. The van der Waals surface area contributed by atoms with Crippen molar-refractivity contribution in [2.45, 2.75) is 20.0 Å². The fourth-order valence-electron chi connectivity index (χ4n) is 1.14. The van der Waals surface area contributed by atoms with Gasteiger partial charge in [-0.2, -0.15) is 0 Å². The molecule has 1 aromatic carbocycles. The van der Waals surface area contributed by atoms with Gasteiger partial charge in [0.15, 0.2) is 0 Å². The van der Waals surface area contributed by atoms with E-state index in [0.717, 1.165) is 11.1 Å². The lowest BCUT2D eigenvalue weighted by molar-refractivity contribution is -0.142. The minimum atomic E-state index is -0.295. The van der Waals surface area contributed by atoms with E-state index < -0.39 is 0 Å². The summed E-state index contributed by atoms with van der Waals surface area (Å²) in [5.74, 6) is 5.46. The summed E-state index contributed by atoms with van der Waals surface area (Å²) in [6.07, 6.45) is 0.466. The highest BCUT2D eigenvalue weighted by Crippen LogP contribution is 2.05. The summed E-state index contributed by atoms with van der Waals surface area (Å²) >= 11 is 0. The first-order valence-corrected chi connectivity index (χ1v) is 5.04. The van der Waals surface area contributed by atoms with Gasteiger partial charge in [-0.15, -0.1) is 0 Å². The number of hydrogen-bond donors (Lipinski definition) is 1. The summed E-state index contributed by atoms with van der Waals surface area (Å²) in [6, 6.07) is 7.48. The van der Waals surface area contributed by atoms with Crippen molar-refractivity contribution in [3.63, 3.8) is 0 Å². The number of carbonyl (C=O) groups is 1. The third-order valence-electron chi connectivity index (χ3n) is 1.84. The van der Waals surface area contributed by atoms with E-state index in [4.69, 9.17) is 9.84 Å². The third-order valence-corrected chi connectivity index (χ3v) is 1.84. The normalized spacial score (nSPS) is 9.12. The average molecular weight is 218 g/mol. The highest BCUT2D eigenvalue weighted by molar-refractivity contribution is 5.65. The van der Waals surface area contributed by atoms with E-state index in [1.165, 1.54) is 6.92 Å². The van der Waals surface area contributed by atoms with E-state index >= 15 is 0 Å². The van der Waals surface area contributed by atoms with E-state index in [2.05, 4.69) is 11.8 Å². The first kappa shape index (κ1) is 12.3. The van der Waals surface area contributed by atoms with Crippen molar-refractivity contribution >= 4 is 5.97 Å². The Hall–Kier alpha value is -1.79. The molecule has 1 N–H and O–H groups in total. The Labute approximate surface area is 95.1 Å². The van der Waals surface area contributed by atoms with Crippen molar-refractivity contribution in [1.29, 1.82) is 0 Å². The topological polar surface area (TPSA) is 46.5 Å². The molecule has 0 heterocycles. The molecule has 0 aliphatic carbocycles. The maximum absolute atomic E-state index is 10.6. The maximum atomic E-state index is 10.6. The lowest BCUT2D eigenvalue weighted by Crippen LogP contribution is -1.98. The molecule has 1 rings (SSSR count). The van der Waals surface area contributed by atoms with E-state index in [1.54, 1.807) is 0 Å². The largest absolute Gasteiger partial charge is 0.461 e. The number of esters is 1. The number of hydrogen-bond acceptors (Lipinski definition) is 3. The number of aliphatic hydroxyl groups excluding tert-OH is 1. The van der Waals surface area contributed by atoms with Crippen molar-refractivity contribution < 1.29 is 14.6 Å². The van der Waals surface area contributed by atoms with Gasteiger partial charge in [0.1, 0.15) is 6.61 Å². The second-order valence-electron chi connectivity index (χ2n) is 3.26. The minimum absolute atomic E-state index is 0.0696.